The van der Waals surface area contributed by atoms with Gasteiger partial charge in [-0.05, 0) is 36.3 Å². The second-order valence-electron chi connectivity index (χ2n) is 5.49. The molecule has 0 saturated heterocycles. The van der Waals surface area contributed by atoms with Gasteiger partial charge in [0.15, 0.2) is 0 Å². The number of hydrogen-bond acceptors (Lipinski definition) is 2. The number of aryl methyl sites for hydroxylation is 1. The molecule has 1 aliphatic rings. The number of nitrogens with one attached hydrogen (secondary N) is 1. The zero-order chi connectivity index (χ0) is 12.8. The van der Waals surface area contributed by atoms with E-state index in [1.54, 1.807) is 0 Å². The van der Waals surface area contributed by atoms with E-state index in [0.29, 0.717) is 12.0 Å². The van der Waals surface area contributed by atoms with Crippen LogP contribution in [0.1, 0.15) is 62.6 Å². The maximum absolute atomic E-state index is 5.83. The molecule has 1 aromatic rings. The van der Waals surface area contributed by atoms with Gasteiger partial charge in [0.05, 0.1) is 0 Å². The lowest BCUT2D eigenvalue weighted by Crippen LogP contribution is -2.33. The van der Waals surface area contributed by atoms with E-state index >= 15 is 0 Å². The van der Waals surface area contributed by atoms with Crippen molar-refractivity contribution in [3.63, 3.8) is 0 Å². The lowest BCUT2D eigenvalue weighted by molar-refractivity contribution is 0.329. The molecule has 1 saturated carbocycles. The van der Waals surface area contributed by atoms with Crippen molar-refractivity contribution in [3.8, 4) is 0 Å². The highest BCUT2D eigenvalue weighted by atomic mass is 15.2. The minimum atomic E-state index is 0.328. The first-order chi connectivity index (χ1) is 8.85. The monoisotopic (exact) mass is 246 g/mol. The molecule has 1 aromatic carbocycles. The summed E-state index contributed by atoms with van der Waals surface area (Å²) in [5, 5.41) is 0. The summed E-state index contributed by atoms with van der Waals surface area (Å²) in [5.74, 6) is 6.53. The first-order valence-corrected chi connectivity index (χ1v) is 7.40. The lowest BCUT2D eigenvalue weighted by atomic mass is 9.87. The second-order valence-corrected chi connectivity index (χ2v) is 5.49. The van der Waals surface area contributed by atoms with Gasteiger partial charge in [0.25, 0.3) is 0 Å². The van der Waals surface area contributed by atoms with E-state index < -0.39 is 0 Å². The van der Waals surface area contributed by atoms with Gasteiger partial charge in [0.2, 0.25) is 0 Å². The predicted molar refractivity (Wildman–Crippen MR) is 77.1 cm³/mol. The highest BCUT2D eigenvalue weighted by Gasteiger charge is 2.23. The molecule has 0 bridgehead atoms. The van der Waals surface area contributed by atoms with Crippen molar-refractivity contribution in [2.45, 2.75) is 57.9 Å². The van der Waals surface area contributed by atoms with Crippen molar-refractivity contribution in [3.05, 3.63) is 35.4 Å². The van der Waals surface area contributed by atoms with Crippen LogP contribution in [0.5, 0.6) is 0 Å². The van der Waals surface area contributed by atoms with Gasteiger partial charge in [-0.3, -0.25) is 11.3 Å². The topological polar surface area (TPSA) is 38.0 Å². The Balaban J connectivity index is 2.15. The third-order valence-electron chi connectivity index (χ3n) is 4.27. The van der Waals surface area contributed by atoms with Crippen LogP contribution in [-0.2, 0) is 6.42 Å². The fraction of sp³-hybridized carbons (Fsp3) is 0.625. The van der Waals surface area contributed by atoms with E-state index in [1.807, 2.05) is 0 Å². The number of benzene rings is 1. The number of hydrazine groups is 1. The Hall–Kier alpha value is -0.860. The van der Waals surface area contributed by atoms with E-state index in [-0.39, 0.29) is 0 Å². The fourth-order valence-electron chi connectivity index (χ4n) is 3.16. The summed E-state index contributed by atoms with van der Waals surface area (Å²) in [6.07, 6.45) is 9.21. The Morgan fingerprint density at radius 2 is 1.94 bits per heavy atom. The summed E-state index contributed by atoms with van der Waals surface area (Å²) < 4.78 is 0. The van der Waals surface area contributed by atoms with Crippen molar-refractivity contribution in [1.82, 2.24) is 5.43 Å². The van der Waals surface area contributed by atoms with Gasteiger partial charge in [-0.2, -0.15) is 0 Å². The average Bonchev–Trinajstić information content (AvgIpc) is 2.69. The molecule has 0 amide bonds. The zero-order valence-electron chi connectivity index (χ0n) is 11.5. The SMILES string of the molecule is CCc1cccc(C(NN)C2CCCCCC2)c1. The van der Waals surface area contributed by atoms with Crippen molar-refractivity contribution in [2.75, 3.05) is 0 Å². The van der Waals surface area contributed by atoms with Crippen LogP contribution in [0, 0.1) is 5.92 Å². The molecule has 3 N–H and O–H groups in total. The van der Waals surface area contributed by atoms with Crippen LogP contribution in [0.4, 0.5) is 0 Å². The Kier molecular flexibility index (Phi) is 5.21. The molecular weight excluding hydrogens is 220 g/mol. The smallest absolute Gasteiger partial charge is 0.0488 e. The second kappa shape index (κ2) is 6.91. The van der Waals surface area contributed by atoms with Crippen molar-refractivity contribution < 1.29 is 0 Å². The van der Waals surface area contributed by atoms with Gasteiger partial charge in [-0.1, -0.05) is 56.9 Å². The van der Waals surface area contributed by atoms with Gasteiger partial charge in [-0.15, -0.1) is 0 Å². The van der Waals surface area contributed by atoms with Crippen molar-refractivity contribution in [2.24, 2.45) is 11.8 Å². The van der Waals surface area contributed by atoms with E-state index in [9.17, 15) is 0 Å². The van der Waals surface area contributed by atoms with Gasteiger partial charge in [0, 0.05) is 6.04 Å². The third-order valence-corrected chi connectivity index (χ3v) is 4.27. The van der Waals surface area contributed by atoms with Crippen molar-refractivity contribution >= 4 is 0 Å². The minimum Gasteiger partial charge on any atom is -0.271 e. The molecule has 2 heteroatoms. The Bertz CT molecular complexity index is 354. The molecule has 100 valence electrons. The van der Waals surface area contributed by atoms with Crippen LogP contribution in [0.3, 0.4) is 0 Å². The molecule has 1 fully saturated rings. The molecule has 0 aliphatic heterocycles. The van der Waals surface area contributed by atoms with Crippen LogP contribution in [0.25, 0.3) is 0 Å². The van der Waals surface area contributed by atoms with Crippen LogP contribution in [0.15, 0.2) is 24.3 Å². The zero-order valence-corrected chi connectivity index (χ0v) is 11.5. The standard InChI is InChI=1S/C16H26N2/c1-2-13-8-7-11-15(12-13)16(18-17)14-9-5-3-4-6-10-14/h7-8,11-12,14,16,18H,2-6,9-10,17H2,1H3. The maximum atomic E-state index is 5.83. The van der Waals surface area contributed by atoms with E-state index in [4.69, 9.17) is 5.84 Å². The van der Waals surface area contributed by atoms with Crippen LogP contribution in [0.2, 0.25) is 0 Å². The van der Waals surface area contributed by atoms with E-state index in [0.717, 1.165) is 6.42 Å². The Labute approximate surface area is 111 Å². The fourth-order valence-corrected chi connectivity index (χ4v) is 3.16. The summed E-state index contributed by atoms with van der Waals surface area (Å²) in [5.41, 5.74) is 5.84. The molecule has 1 atom stereocenters. The highest BCUT2D eigenvalue weighted by molar-refractivity contribution is 5.26. The highest BCUT2D eigenvalue weighted by Crippen LogP contribution is 2.33. The molecule has 0 spiro atoms. The quantitative estimate of drug-likeness (QED) is 0.483. The maximum Gasteiger partial charge on any atom is 0.0488 e. The first-order valence-electron chi connectivity index (χ1n) is 7.40. The molecule has 1 unspecified atom stereocenters. The molecule has 0 heterocycles. The molecule has 2 nitrogen and oxygen atoms in total. The third kappa shape index (κ3) is 3.33. The van der Waals surface area contributed by atoms with Crippen LogP contribution < -0.4 is 11.3 Å². The largest absolute Gasteiger partial charge is 0.271 e. The van der Waals surface area contributed by atoms with Gasteiger partial charge >= 0.3 is 0 Å². The average molecular weight is 246 g/mol. The minimum absolute atomic E-state index is 0.328. The molecule has 2 rings (SSSR count). The summed E-state index contributed by atoms with van der Waals surface area (Å²) in [4.78, 5) is 0. The molecule has 0 aromatic heterocycles. The van der Waals surface area contributed by atoms with Gasteiger partial charge in [-0.25, -0.2) is 0 Å². The van der Waals surface area contributed by atoms with E-state index in [2.05, 4.69) is 36.6 Å². The van der Waals surface area contributed by atoms with Gasteiger partial charge in [0.1, 0.15) is 0 Å². The molecule has 0 radical (unpaired) electrons. The summed E-state index contributed by atoms with van der Waals surface area (Å²) in [6.45, 7) is 2.20. The van der Waals surface area contributed by atoms with Crippen LogP contribution in [-0.4, -0.2) is 0 Å². The predicted octanol–water partition coefficient (Wildman–Crippen LogP) is 3.72. The number of rotatable bonds is 4. The number of hydrogen-bond donors (Lipinski definition) is 2. The first kappa shape index (κ1) is 13.6. The molecule has 18 heavy (non-hydrogen) atoms. The molecule has 1 aliphatic carbocycles. The summed E-state index contributed by atoms with van der Waals surface area (Å²) in [6, 6.07) is 9.22. The number of nitrogens with two attached hydrogens (primary N) is 1. The normalized spacial score (nSPS) is 19.4. The Morgan fingerprint density at radius 1 is 1.22 bits per heavy atom. The van der Waals surface area contributed by atoms with Crippen molar-refractivity contribution in [1.29, 1.82) is 0 Å². The summed E-state index contributed by atoms with van der Waals surface area (Å²) >= 11 is 0. The lowest BCUT2D eigenvalue weighted by Gasteiger charge is -2.26. The Morgan fingerprint density at radius 3 is 2.56 bits per heavy atom. The molecular formula is C16H26N2. The van der Waals surface area contributed by atoms with Gasteiger partial charge < -0.3 is 0 Å². The summed E-state index contributed by atoms with van der Waals surface area (Å²) in [7, 11) is 0. The van der Waals surface area contributed by atoms with E-state index in [1.165, 1.54) is 49.7 Å². The van der Waals surface area contributed by atoms with Crippen LogP contribution >= 0.6 is 0 Å².